The molecule has 0 saturated heterocycles. The Hall–Kier alpha value is 0.750. The second kappa shape index (κ2) is 5.27. The van der Waals surface area contributed by atoms with E-state index in [1.54, 1.807) is 19.5 Å². The Balaban J connectivity index is 2.60. The van der Waals surface area contributed by atoms with Gasteiger partial charge in [0.05, 0.1) is 0 Å². The minimum Gasteiger partial charge on any atom is -0.142 e. The maximum Gasteiger partial charge on any atom is 0.0448 e. The van der Waals surface area contributed by atoms with Crippen LogP contribution in [-0.4, -0.2) is 10.2 Å². The average molecular weight is 319 g/mol. The maximum absolute atomic E-state index is 2.34. The van der Waals surface area contributed by atoms with Crippen LogP contribution in [0.2, 0.25) is 0 Å². The number of rotatable bonds is 0. The zero-order valence-corrected chi connectivity index (χ0v) is 15.3. The highest BCUT2D eigenvalue weighted by molar-refractivity contribution is 8.24. The SMILES string of the molecule is CC(C)(C)c1sc(C(C)(C)C)c2c1SCSCS2. The van der Waals surface area contributed by atoms with Gasteiger partial charge in [0.15, 0.2) is 0 Å². The number of hydrogen-bond acceptors (Lipinski definition) is 4. The number of thioether (sulfide) groups is 3. The summed E-state index contributed by atoms with van der Waals surface area (Å²) in [5, 5.41) is 2.40. The fourth-order valence-corrected chi connectivity index (χ4v) is 8.01. The Morgan fingerprint density at radius 3 is 1.44 bits per heavy atom. The molecule has 0 atom stereocenters. The van der Waals surface area contributed by atoms with Gasteiger partial charge in [-0.3, -0.25) is 0 Å². The topological polar surface area (TPSA) is 0 Å². The lowest BCUT2D eigenvalue weighted by atomic mass is 9.93. The maximum atomic E-state index is 2.34. The first-order chi connectivity index (χ1) is 8.21. The molecular formula is C14H22S4. The third kappa shape index (κ3) is 3.08. The van der Waals surface area contributed by atoms with Crippen molar-refractivity contribution in [2.45, 2.75) is 62.2 Å². The smallest absolute Gasteiger partial charge is 0.0448 e. The fraction of sp³-hybridized carbons (Fsp3) is 0.714. The van der Waals surface area contributed by atoms with E-state index in [0.717, 1.165) is 0 Å². The van der Waals surface area contributed by atoms with E-state index >= 15 is 0 Å². The summed E-state index contributed by atoms with van der Waals surface area (Å²) in [5.74, 6) is 0. The Morgan fingerprint density at radius 1 is 0.722 bits per heavy atom. The largest absolute Gasteiger partial charge is 0.142 e. The molecule has 1 aliphatic rings. The molecule has 0 amide bonds. The highest BCUT2D eigenvalue weighted by atomic mass is 32.2. The van der Waals surface area contributed by atoms with Gasteiger partial charge in [-0.2, -0.15) is 0 Å². The van der Waals surface area contributed by atoms with E-state index < -0.39 is 0 Å². The van der Waals surface area contributed by atoms with E-state index in [9.17, 15) is 0 Å². The first kappa shape index (κ1) is 15.1. The van der Waals surface area contributed by atoms with Crippen LogP contribution in [0.3, 0.4) is 0 Å². The molecule has 0 nitrogen and oxygen atoms in total. The van der Waals surface area contributed by atoms with Crippen molar-refractivity contribution in [3.63, 3.8) is 0 Å². The van der Waals surface area contributed by atoms with Gasteiger partial charge in [0.2, 0.25) is 0 Å². The second-order valence-corrected chi connectivity index (χ2v) is 11.4. The molecule has 18 heavy (non-hydrogen) atoms. The van der Waals surface area contributed by atoms with Gasteiger partial charge in [-0.1, -0.05) is 41.5 Å². The molecule has 2 heterocycles. The van der Waals surface area contributed by atoms with Gasteiger partial charge in [-0.05, 0) is 10.8 Å². The molecule has 1 aromatic rings. The second-order valence-electron chi connectivity index (χ2n) is 6.65. The molecule has 4 heteroatoms. The van der Waals surface area contributed by atoms with Crippen molar-refractivity contribution in [1.29, 1.82) is 0 Å². The Morgan fingerprint density at radius 2 is 1.11 bits per heavy atom. The molecular weight excluding hydrogens is 296 g/mol. The number of hydrogen-bond donors (Lipinski definition) is 0. The van der Waals surface area contributed by atoms with Crippen molar-refractivity contribution in [3.05, 3.63) is 9.75 Å². The molecule has 0 aliphatic carbocycles. The zero-order chi connectivity index (χ0) is 13.6. The van der Waals surface area contributed by atoms with E-state index in [4.69, 9.17) is 0 Å². The highest BCUT2D eigenvalue weighted by Gasteiger charge is 2.32. The van der Waals surface area contributed by atoms with Gasteiger partial charge >= 0.3 is 0 Å². The lowest BCUT2D eigenvalue weighted by molar-refractivity contribution is 0.585. The molecule has 0 radical (unpaired) electrons. The first-order valence-electron chi connectivity index (χ1n) is 6.22. The van der Waals surface area contributed by atoms with Crippen LogP contribution in [0.15, 0.2) is 9.79 Å². The minimum atomic E-state index is 0.265. The van der Waals surface area contributed by atoms with Crippen molar-refractivity contribution in [3.8, 4) is 0 Å². The van der Waals surface area contributed by atoms with Gasteiger partial charge in [0.25, 0.3) is 0 Å². The van der Waals surface area contributed by atoms with E-state index in [0.29, 0.717) is 0 Å². The molecule has 1 aromatic heterocycles. The summed E-state index contributed by atoms with van der Waals surface area (Å²) in [5.41, 5.74) is 0.529. The standard InChI is InChI=1S/C14H22S4/c1-13(2,3)11-9-10(17-8-15-7-16-9)12(18-11)14(4,5)6/h7-8H2,1-6H3. The molecule has 0 N–H and O–H groups in total. The van der Waals surface area contributed by atoms with Crippen LogP contribution in [0.1, 0.15) is 51.3 Å². The van der Waals surface area contributed by atoms with Crippen LogP contribution in [-0.2, 0) is 10.8 Å². The summed E-state index contributed by atoms with van der Waals surface area (Å²) in [6, 6.07) is 0. The lowest BCUT2D eigenvalue weighted by Gasteiger charge is -2.19. The summed E-state index contributed by atoms with van der Waals surface area (Å²) in [6.07, 6.45) is 0. The minimum absolute atomic E-state index is 0.265. The molecule has 0 saturated carbocycles. The van der Waals surface area contributed by atoms with Crippen LogP contribution >= 0.6 is 46.6 Å². The average Bonchev–Trinajstić information content (AvgIpc) is 2.42. The molecule has 0 unspecified atom stereocenters. The summed E-state index contributed by atoms with van der Waals surface area (Å²) < 4.78 is 0. The van der Waals surface area contributed by atoms with Crippen LogP contribution in [0.25, 0.3) is 0 Å². The summed E-state index contributed by atoms with van der Waals surface area (Å²) in [7, 11) is 0. The van der Waals surface area contributed by atoms with Gasteiger partial charge in [0.1, 0.15) is 0 Å². The van der Waals surface area contributed by atoms with Crippen LogP contribution in [0.5, 0.6) is 0 Å². The Bertz CT molecular complexity index is 393. The molecule has 2 rings (SSSR count). The third-order valence-electron chi connectivity index (χ3n) is 2.76. The molecule has 0 spiro atoms. The van der Waals surface area contributed by atoms with Crippen molar-refractivity contribution >= 4 is 46.6 Å². The number of thiophene rings is 1. The van der Waals surface area contributed by atoms with Crippen molar-refractivity contribution in [2.75, 3.05) is 10.2 Å². The lowest BCUT2D eigenvalue weighted by Crippen LogP contribution is -2.10. The van der Waals surface area contributed by atoms with Crippen molar-refractivity contribution in [2.24, 2.45) is 0 Å². The molecule has 1 aliphatic heterocycles. The Kier molecular flexibility index (Phi) is 4.43. The quantitative estimate of drug-likeness (QED) is 0.560. The van der Waals surface area contributed by atoms with E-state index in [-0.39, 0.29) is 10.8 Å². The van der Waals surface area contributed by atoms with Crippen molar-refractivity contribution < 1.29 is 0 Å². The van der Waals surface area contributed by atoms with Gasteiger partial charge in [-0.25, -0.2) is 0 Å². The number of fused-ring (bicyclic) bond motifs is 1. The predicted octanol–water partition coefficient (Wildman–Crippen LogP) is 6.19. The third-order valence-corrected chi connectivity index (χ3v) is 8.86. The van der Waals surface area contributed by atoms with E-state index in [2.05, 4.69) is 65.1 Å². The van der Waals surface area contributed by atoms with E-state index in [1.165, 1.54) is 10.2 Å². The summed E-state index contributed by atoms with van der Waals surface area (Å²) in [6.45, 7) is 14.1. The zero-order valence-electron chi connectivity index (χ0n) is 12.0. The first-order valence-corrected chi connectivity index (χ1v) is 10.2. The summed E-state index contributed by atoms with van der Waals surface area (Å²) in [4.78, 5) is 6.32. The van der Waals surface area contributed by atoms with Crippen molar-refractivity contribution in [1.82, 2.24) is 0 Å². The monoisotopic (exact) mass is 318 g/mol. The fourth-order valence-electron chi connectivity index (χ4n) is 1.89. The van der Waals surface area contributed by atoms with Gasteiger partial charge in [0, 0.05) is 29.7 Å². The van der Waals surface area contributed by atoms with Crippen LogP contribution in [0, 0.1) is 0 Å². The Labute approximate surface area is 128 Å². The van der Waals surface area contributed by atoms with Crippen LogP contribution in [0.4, 0.5) is 0 Å². The normalized spacial score (nSPS) is 17.4. The van der Waals surface area contributed by atoms with E-state index in [1.807, 2.05) is 23.1 Å². The van der Waals surface area contributed by atoms with Crippen LogP contribution < -0.4 is 0 Å². The highest BCUT2D eigenvalue weighted by Crippen LogP contribution is 2.53. The molecule has 102 valence electrons. The predicted molar refractivity (Wildman–Crippen MR) is 90.8 cm³/mol. The van der Waals surface area contributed by atoms with Gasteiger partial charge in [-0.15, -0.1) is 46.6 Å². The van der Waals surface area contributed by atoms with Gasteiger partial charge < -0.3 is 0 Å². The molecule has 0 aromatic carbocycles. The molecule has 0 fully saturated rings. The summed E-state index contributed by atoms with van der Waals surface area (Å²) >= 11 is 8.20. The molecule has 0 bridgehead atoms.